The molecule has 0 N–H and O–H groups in total. The molecule has 0 bridgehead atoms. The number of rotatable bonds is 4. The fraction of sp³-hybridized carbons (Fsp3) is 0. The van der Waals surface area contributed by atoms with Crippen LogP contribution in [-0.2, 0) is 0 Å². The van der Waals surface area contributed by atoms with Gasteiger partial charge < -0.3 is 8.83 Å². The van der Waals surface area contributed by atoms with Gasteiger partial charge in [-0.05, 0) is 91.3 Å². The van der Waals surface area contributed by atoms with Gasteiger partial charge in [0.2, 0.25) is 0 Å². The van der Waals surface area contributed by atoms with E-state index in [-0.39, 0.29) is 34.0 Å². The molecule has 2 heteroatoms. The lowest BCUT2D eigenvalue weighted by Crippen LogP contribution is -1.91. The van der Waals surface area contributed by atoms with E-state index >= 15 is 0 Å². The maximum absolute atomic E-state index is 9.32. The van der Waals surface area contributed by atoms with Crippen LogP contribution in [0.3, 0.4) is 0 Å². The molecule has 0 radical (unpaired) electrons. The summed E-state index contributed by atoms with van der Waals surface area (Å²) in [6.07, 6.45) is 0. The number of hydrogen-bond donors (Lipinski definition) is 0. The van der Waals surface area contributed by atoms with E-state index in [0.29, 0.717) is 33.1 Å². The lowest BCUT2D eigenvalue weighted by molar-refractivity contribution is 0.631. The van der Waals surface area contributed by atoms with E-state index in [4.69, 9.17) is 18.4 Å². The van der Waals surface area contributed by atoms with Gasteiger partial charge in [0.05, 0.1) is 12.3 Å². The molecule has 2 nitrogen and oxygen atoms in total. The Morgan fingerprint density at radius 3 is 1.94 bits per heavy atom. The summed E-state index contributed by atoms with van der Waals surface area (Å²) < 4.78 is 91.7. The Labute approximate surface area is 289 Å². The van der Waals surface area contributed by atoms with E-state index in [2.05, 4.69) is 6.07 Å². The number of fused-ring (bicyclic) bond motifs is 6. The van der Waals surface area contributed by atoms with Crippen LogP contribution in [0.1, 0.15) is 12.3 Å². The molecule has 0 aliphatic rings. The summed E-state index contributed by atoms with van der Waals surface area (Å²) >= 11 is 0. The van der Waals surface area contributed by atoms with Crippen molar-refractivity contribution in [3.63, 3.8) is 0 Å². The van der Waals surface area contributed by atoms with Gasteiger partial charge in [0.25, 0.3) is 0 Å². The quantitative estimate of drug-likeness (QED) is 0.183. The van der Waals surface area contributed by atoms with Crippen molar-refractivity contribution in [2.24, 2.45) is 0 Å². The second kappa shape index (κ2) is 10.6. The van der Waals surface area contributed by atoms with Crippen molar-refractivity contribution in [2.45, 2.75) is 0 Å². The Kier molecular flexibility index (Phi) is 4.26. The molecule has 0 aliphatic carbocycles. The smallest absolute Gasteiger partial charge is 0.136 e. The van der Waals surface area contributed by atoms with E-state index in [0.717, 1.165) is 44.2 Å². The van der Waals surface area contributed by atoms with Crippen LogP contribution in [-0.4, -0.2) is 0 Å². The molecule has 8 aromatic carbocycles. The molecule has 0 aliphatic heterocycles. The Hall–Kier alpha value is -6.38. The topological polar surface area (TPSA) is 26.3 Å². The zero-order valence-electron chi connectivity index (χ0n) is 34.3. The third-order valence-corrected chi connectivity index (χ3v) is 9.08. The van der Waals surface area contributed by atoms with E-state index in [9.17, 15) is 2.74 Å². The highest BCUT2D eigenvalue weighted by Crippen LogP contribution is 2.47. The monoisotopic (exact) mass is 621 g/mol. The molecular formula is C46H28O2. The minimum atomic E-state index is -0.554. The summed E-state index contributed by atoms with van der Waals surface area (Å²) in [5.41, 5.74) is 6.06. The SMILES string of the molecule is [2H]c1c([2H])c([2H])c(-c2c3ccccc3c(-c3cccc4oc5cc(-c6ccc7oc(-c8ccccc8)cc7c6)ccc5c34)c3c([2H])c([2H])c([2H])c([2H])c23)c([2H])c1[2H]. The summed E-state index contributed by atoms with van der Waals surface area (Å²) in [5.74, 6) is 0.786. The second-order valence-corrected chi connectivity index (χ2v) is 11.8. The largest absolute Gasteiger partial charge is 0.456 e. The highest BCUT2D eigenvalue weighted by atomic mass is 16.3. The van der Waals surface area contributed by atoms with Gasteiger partial charge in [0, 0.05) is 21.7 Å². The van der Waals surface area contributed by atoms with Crippen molar-refractivity contribution in [3.8, 4) is 44.7 Å². The summed E-state index contributed by atoms with van der Waals surface area (Å²) in [6.45, 7) is 0. The van der Waals surface area contributed by atoms with Gasteiger partial charge >= 0.3 is 0 Å². The average molecular weight is 622 g/mol. The molecule has 48 heavy (non-hydrogen) atoms. The molecule has 2 aromatic heterocycles. The first-order valence-electron chi connectivity index (χ1n) is 20.1. The Morgan fingerprint density at radius 2 is 1.10 bits per heavy atom. The summed E-state index contributed by atoms with van der Waals surface area (Å²) in [5, 5.41) is 3.79. The molecule has 0 fully saturated rings. The highest BCUT2D eigenvalue weighted by molar-refractivity contribution is 6.25. The Bertz CT molecular complexity index is 3320. The molecule has 0 saturated carbocycles. The third kappa shape index (κ3) is 4.13. The minimum Gasteiger partial charge on any atom is -0.456 e. The van der Waals surface area contributed by atoms with Crippen LogP contribution in [0.4, 0.5) is 0 Å². The van der Waals surface area contributed by atoms with E-state index in [1.54, 1.807) is 12.1 Å². The molecule has 0 unspecified atom stereocenters. The first kappa shape index (κ1) is 19.3. The fourth-order valence-corrected chi connectivity index (χ4v) is 6.97. The van der Waals surface area contributed by atoms with Crippen molar-refractivity contribution in [1.29, 1.82) is 0 Å². The summed E-state index contributed by atoms with van der Waals surface area (Å²) in [7, 11) is 0. The highest BCUT2D eigenvalue weighted by Gasteiger charge is 2.20. The van der Waals surface area contributed by atoms with Crippen LogP contribution < -0.4 is 0 Å². The third-order valence-electron chi connectivity index (χ3n) is 9.08. The molecule has 10 rings (SSSR count). The van der Waals surface area contributed by atoms with E-state index in [1.165, 1.54) is 0 Å². The van der Waals surface area contributed by atoms with Gasteiger partial charge in [0.1, 0.15) is 22.5 Å². The Balaban J connectivity index is 1.24. The zero-order valence-corrected chi connectivity index (χ0v) is 25.3. The summed E-state index contributed by atoms with van der Waals surface area (Å²) in [6, 6.07) is 32.6. The van der Waals surface area contributed by atoms with Gasteiger partial charge in [-0.25, -0.2) is 0 Å². The predicted octanol–water partition coefficient (Wildman–Crippen LogP) is 13.3. The summed E-state index contributed by atoms with van der Waals surface area (Å²) in [4.78, 5) is 0. The minimum absolute atomic E-state index is 0.0605. The fourth-order valence-electron chi connectivity index (χ4n) is 6.97. The van der Waals surface area contributed by atoms with Crippen LogP contribution >= 0.6 is 0 Å². The molecular weight excluding hydrogens is 585 g/mol. The van der Waals surface area contributed by atoms with Crippen molar-refractivity contribution in [3.05, 3.63) is 170 Å². The molecule has 2 heterocycles. The second-order valence-electron chi connectivity index (χ2n) is 11.8. The predicted molar refractivity (Wildman–Crippen MR) is 200 cm³/mol. The maximum Gasteiger partial charge on any atom is 0.136 e. The van der Waals surface area contributed by atoms with Gasteiger partial charge in [-0.15, -0.1) is 0 Å². The lowest BCUT2D eigenvalue weighted by atomic mass is 9.85. The number of furan rings is 2. The first-order valence-corrected chi connectivity index (χ1v) is 15.6. The molecule has 224 valence electrons. The zero-order chi connectivity index (χ0) is 39.4. The first-order chi connectivity index (χ1) is 27.5. The molecule has 0 amide bonds. The van der Waals surface area contributed by atoms with Gasteiger partial charge in [-0.2, -0.15) is 0 Å². The number of hydrogen-bond acceptors (Lipinski definition) is 2. The van der Waals surface area contributed by atoms with Crippen LogP contribution in [0.25, 0.3) is 99.2 Å². The van der Waals surface area contributed by atoms with Crippen LogP contribution in [0.15, 0.2) is 178 Å². The van der Waals surface area contributed by atoms with Gasteiger partial charge in [-0.3, -0.25) is 0 Å². The lowest BCUT2D eigenvalue weighted by Gasteiger charge is -2.18. The normalized spacial score (nSPS) is 14.4. The van der Waals surface area contributed by atoms with Crippen LogP contribution in [0, 0.1) is 0 Å². The van der Waals surface area contributed by atoms with Crippen molar-refractivity contribution in [2.75, 3.05) is 0 Å². The van der Waals surface area contributed by atoms with Crippen molar-refractivity contribution < 1.29 is 21.2 Å². The van der Waals surface area contributed by atoms with Crippen molar-refractivity contribution in [1.82, 2.24) is 0 Å². The van der Waals surface area contributed by atoms with Crippen LogP contribution in [0.2, 0.25) is 0 Å². The van der Waals surface area contributed by atoms with E-state index < -0.39 is 42.3 Å². The standard InChI is InChI=1S/C46H28O2/c1-3-12-29(13-4-1)42-28-33-26-31(23-25-40(33)47-42)32-22-24-38-43(27-32)48-41-21-11-20-39(46(38)41)45-36-18-9-7-16-34(36)44(30-14-5-2-6-15-30)35-17-8-10-19-37(35)45/h1-28H/i2D,5D,6D,7D,9D,14D,15D,16D,18D. The average Bonchev–Trinajstić information content (AvgIpc) is 3.85. The van der Waals surface area contributed by atoms with E-state index in [1.807, 2.05) is 97.1 Å². The Morgan fingerprint density at radius 1 is 0.396 bits per heavy atom. The van der Waals surface area contributed by atoms with Crippen molar-refractivity contribution >= 4 is 54.5 Å². The van der Waals surface area contributed by atoms with Crippen LogP contribution in [0.5, 0.6) is 0 Å². The number of benzene rings is 8. The molecule has 0 atom stereocenters. The maximum atomic E-state index is 9.32. The van der Waals surface area contributed by atoms with Gasteiger partial charge in [-0.1, -0.05) is 133 Å². The van der Waals surface area contributed by atoms with Gasteiger partial charge in [0.15, 0.2) is 0 Å². The molecule has 10 aromatic rings. The molecule has 0 spiro atoms. The molecule has 0 saturated heterocycles.